The molecule has 2 fully saturated rings. The summed E-state index contributed by atoms with van der Waals surface area (Å²) in [6.07, 6.45) is -21.1. The quantitative estimate of drug-likeness (QED) is 0.0291. The SMILES string of the molecule is COc1ccc(C2CC(=O)c3c(cc(O[C@@H]4O[C@H](COC(=O)c5ccccc5)[C@@H](OC(=O)c5ccccc5)[C@H](OC(=O)c5ccccc5)[C@H]4OC(=O)c4ccccc4)cc3O[C@@H]3O[C@H](COC(=O)c4ccccc4)[C@@H](OC(=O)c4ccccc4)[C@H](OC(=O)c4ccccc4)[C@H]3OC(=O)c3ccccc3)O2)cc1OC(C)=O. The zero-order valence-electron chi connectivity index (χ0n) is 59.2. The lowest BCUT2D eigenvalue weighted by Gasteiger charge is -2.44. The van der Waals surface area contributed by atoms with Crippen LogP contribution in [0.1, 0.15) is 118 Å². The summed E-state index contributed by atoms with van der Waals surface area (Å²) < 4.78 is 95.4. The van der Waals surface area contributed by atoms with Gasteiger partial charge in [0, 0.05) is 19.1 Å². The summed E-state index contributed by atoms with van der Waals surface area (Å²) in [5, 5.41) is 0. The maximum absolute atomic E-state index is 15.5. The van der Waals surface area contributed by atoms with E-state index >= 15 is 4.79 Å². The zero-order valence-corrected chi connectivity index (χ0v) is 59.2. The summed E-state index contributed by atoms with van der Waals surface area (Å²) >= 11 is 0. The topological polar surface area (TPSA) is 309 Å². The van der Waals surface area contributed by atoms with Crippen molar-refractivity contribution in [2.45, 2.75) is 80.9 Å². The van der Waals surface area contributed by atoms with Crippen LogP contribution in [0.5, 0.6) is 28.7 Å². The largest absolute Gasteiger partial charge is 0.493 e. The highest BCUT2D eigenvalue weighted by Gasteiger charge is 2.57. The maximum atomic E-state index is 15.5. The number of Topliss-reactive ketones (excluding diaryl/α,β-unsaturated/α-hetero) is 1. The molecule has 3 aliphatic heterocycles. The smallest absolute Gasteiger partial charge is 0.338 e. The molecule has 562 valence electrons. The first-order chi connectivity index (χ1) is 54.0. The summed E-state index contributed by atoms with van der Waals surface area (Å²) in [6.45, 7) is -0.407. The molecule has 0 aromatic heterocycles. The van der Waals surface area contributed by atoms with Crippen LogP contribution in [0.15, 0.2) is 273 Å². The van der Waals surface area contributed by atoms with Crippen LogP contribution in [0.3, 0.4) is 0 Å². The molecule has 0 amide bonds. The fraction of sp³-hybridized carbons (Fsp3) is 0.186. The number of carbonyl (C=O) groups excluding carboxylic acids is 10. The van der Waals surface area contributed by atoms with E-state index in [2.05, 4.69) is 0 Å². The predicted octanol–water partition coefficient (Wildman–Crippen LogP) is 12.6. The van der Waals surface area contributed by atoms with E-state index in [1.807, 2.05) is 0 Å². The van der Waals surface area contributed by atoms with E-state index in [1.54, 1.807) is 152 Å². The summed E-state index contributed by atoms with van der Waals surface area (Å²) in [7, 11) is 1.35. The molecule has 1 unspecified atom stereocenters. The van der Waals surface area contributed by atoms with Crippen LogP contribution in [0.4, 0.5) is 0 Å². The van der Waals surface area contributed by atoms with E-state index in [1.165, 1.54) is 129 Å². The van der Waals surface area contributed by atoms with Gasteiger partial charge in [0.05, 0.1) is 58.0 Å². The van der Waals surface area contributed by atoms with E-state index in [0.717, 1.165) is 6.07 Å². The van der Waals surface area contributed by atoms with Crippen LogP contribution >= 0.6 is 0 Å². The van der Waals surface area contributed by atoms with Crippen molar-refractivity contribution in [3.05, 3.63) is 329 Å². The molecule has 13 rings (SSSR count). The van der Waals surface area contributed by atoms with Gasteiger partial charge in [0.2, 0.25) is 24.8 Å². The molecule has 0 bridgehead atoms. The molecule has 10 aromatic carbocycles. The molecule has 25 heteroatoms. The van der Waals surface area contributed by atoms with Gasteiger partial charge in [-0.25, -0.2) is 38.4 Å². The second-order valence-electron chi connectivity index (χ2n) is 25.2. The fourth-order valence-corrected chi connectivity index (χ4v) is 12.4. The van der Waals surface area contributed by atoms with Gasteiger partial charge >= 0.3 is 53.7 Å². The molecule has 0 radical (unpaired) electrons. The molecule has 3 heterocycles. The number of hydrogen-bond acceptors (Lipinski definition) is 25. The molecule has 111 heavy (non-hydrogen) atoms. The summed E-state index contributed by atoms with van der Waals surface area (Å²) in [6, 6.07) is 68.3. The maximum Gasteiger partial charge on any atom is 0.338 e. The number of ketones is 1. The fourth-order valence-electron chi connectivity index (χ4n) is 12.4. The summed E-state index contributed by atoms with van der Waals surface area (Å²) in [4.78, 5) is 144. The highest BCUT2D eigenvalue weighted by molar-refractivity contribution is 6.03. The zero-order chi connectivity index (χ0) is 77.3. The van der Waals surface area contributed by atoms with Crippen LogP contribution in [0, 0.1) is 0 Å². The minimum atomic E-state index is -2.15. The molecule has 0 N–H and O–H groups in total. The first-order valence-electron chi connectivity index (χ1n) is 34.9. The lowest BCUT2D eigenvalue weighted by Crippen LogP contribution is -2.64. The van der Waals surface area contributed by atoms with Crippen LogP contribution in [0.2, 0.25) is 0 Å². The van der Waals surface area contributed by atoms with Crippen LogP contribution < -0.4 is 23.7 Å². The number of carbonyl (C=O) groups is 10. The minimum absolute atomic E-state index is 0.00213. The second kappa shape index (κ2) is 35.3. The van der Waals surface area contributed by atoms with Gasteiger partial charge < -0.3 is 71.1 Å². The first-order valence-corrected chi connectivity index (χ1v) is 34.9. The highest BCUT2D eigenvalue weighted by Crippen LogP contribution is 2.46. The van der Waals surface area contributed by atoms with Gasteiger partial charge in [-0.3, -0.25) is 9.59 Å². The second-order valence-corrected chi connectivity index (χ2v) is 25.2. The molecule has 25 nitrogen and oxygen atoms in total. The molecule has 0 saturated carbocycles. The number of methoxy groups -OCH3 is 1. The number of esters is 9. The van der Waals surface area contributed by atoms with Crippen molar-refractivity contribution in [1.29, 1.82) is 0 Å². The van der Waals surface area contributed by atoms with Crippen LogP contribution in [-0.4, -0.2) is 141 Å². The van der Waals surface area contributed by atoms with E-state index in [0.29, 0.717) is 0 Å². The van der Waals surface area contributed by atoms with Crippen molar-refractivity contribution in [3.8, 4) is 28.7 Å². The van der Waals surface area contributed by atoms with Crippen LogP contribution in [0.25, 0.3) is 0 Å². The monoisotopic (exact) mass is 1500 g/mol. The van der Waals surface area contributed by atoms with E-state index in [9.17, 15) is 43.2 Å². The van der Waals surface area contributed by atoms with Gasteiger partial charge in [0.25, 0.3) is 0 Å². The van der Waals surface area contributed by atoms with Gasteiger partial charge in [-0.15, -0.1) is 0 Å². The van der Waals surface area contributed by atoms with Crippen molar-refractivity contribution >= 4 is 59.5 Å². The lowest BCUT2D eigenvalue weighted by molar-refractivity contribution is -0.276. The highest BCUT2D eigenvalue weighted by atomic mass is 16.8. The van der Waals surface area contributed by atoms with Crippen molar-refractivity contribution in [3.63, 3.8) is 0 Å². The number of rotatable bonds is 25. The van der Waals surface area contributed by atoms with Crippen molar-refractivity contribution in [2.75, 3.05) is 20.3 Å². The Labute approximate surface area is 634 Å². The summed E-state index contributed by atoms with van der Waals surface area (Å²) in [5.41, 5.74) is -0.0299. The molecule has 11 atom stereocenters. The van der Waals surface area contributed by atoms with Gasteiger partial charge in [-0.2, -0.15) is 0 Å². The average molecular weight is 1500 g/mol. The average Bonchev–Trinajstić information content (AvgIpc) is 0.762. The lowest BCUT2D eigenvalue weighted by atomic mass is 9.94. The molecular formula is C86H68O25. The third kappa shape index (κ3) is 18.4. The minimum Gasteiger partial charge on any atom is -0.493 e. The number of benzene rings is 10. The number of fused-ring (bicyclic) bond motifs is 1. The normalized spacial score (nSPS) is 20.3. The van der Waals surface area contributed by atoms with E-state index in [4.69, 9.17) is 71.1 Å². The third-order valence-electron chi connectivity index (χ3n) is 17.7. The van der Waals surface area contributed by atoms with Crippen molar-refractivity contribution in [1.82, 2.24) is 0 Å². The molecule has 3 aliphatic rings. The van der Waals surface area contributed by atoms with Crippen molar-refractivity contribution < 1.29 is 119 Å². The Bertz CT molecular complexity index is 4980. The number of ether oxygens (including phenoxy) is 15. The predicted molar refractivity (Wildman–Crippen MR) is 389 cm³/mol. The summed E-state index contributed by atoms with van der Waals surface area (Å²) in [5.74, 6) is -10.5. The Morgan fingerprint density at radius 1 is 0.351 bits per heavy atom. The van der Waals surface area contributed by atoms with E-state index in [-0.39, 0.29) is 72.9 Å². The Morgan fingerprint density at radius 2 is 0.676 bits per heavy atom. The van der Waals surface area contributed by atoms with Gasteiger partial charge in [-0.1, -0.05) is 152 Å². The Hall–Kier alpha value is -13.8. The molecule has 0 aliphatic carbocycles. The van der Waals surface area contributed by atoms with Crippen molar-refractivity contribution in [2.24, 2.45) is 0 Å². The Morgan fingerprint density at radius 3 is 1.02 bits per heavy atom. The molecular weight excluding hydrogens is 1430 g/mol. The molecule has 2 saturated heterocycles. The van der Waals surface area contributed by atoms with Gasteiger partial charge in [-0.05, 0) is 115 Å². The molecule has 10 aromatic rings. The third-order valence-corrected chi connectivity index (χ3v) is 17.7. The standard InChI is InChI=1S/C86H68O25/c1-51(87)100-65-45-60(43-44-63(65)97-2)64-48-62(88)70-66(102-64)46-61(101-85-75(110-83(95)58-39-23-9-24-40-58)73(108-81(93)56-35-19-7-20-36-56)71(106-79(91)54-31-15-5-16-32-54)68(104-85)49-98-77(89)52-27-11-3-12-28-52)47-67(70)103-86-76(111-84(96)59-41-25-10-26-42-59)74(109-82(94)57-37-21-8-22-38-57)72(107-80(92)55-33-17-6-18-34-55)69(105-86)50-99-78(90)53-29-13-4-14-30-53/h3-47,64,68-69,71-76,85-86H,48-50H2,1-2H3/t64?,68-,69-,71-,72-,73+,74+,75-,76-,85-,86-/m1/s1. The van der Waals surface area contributed by atoms with Crippen LogP contribution in [-0.2, 0) is 52.2 Å². The van der Waals surface area contributed by atoms with E-state index < -0.39 is 158 Å². The van der Waals surface area contributed by atoms with Gasteiger partial charge in [0.1, 0.15) is 54.3 Å². The molecule has 0 spiro atoms. The first kappa shape index (κ1) is 75.5. The Kier molecular flexibility index (Phi) is 24.0. The Balaban J connectivity index is 0.984. The van der Waals surface area contributed by atoms with Gasteiger partial charge in [0.15, 0.2) is 41.7 Å². The number of hydrogen-bond donors (Lipinski definition) is 0.